The summed E-state index contributed by atoms with van der Waals surface area (Å²) in [5.41, 5.74) is -0.198. The van der Waals surface area contributed by atoms with Gasteiger partial charge in [-0.3, -0.25) is 14.8 Å². The molecular weight excluding hydrogens is 494 g/mol. The van der Waals surface area contributed by atoms with Gasteiger partial charge in [0.25, 0.3) is 5.91 Å². The topological polar surface area (TPSA) is 159 Å². The molecule has 2 aromatic carbocycles. The molecule has 2 aromatic rings. The number of amides is 1. The molecule has 0 heterocycles. The van der Waals surface area contributed by atoms with Crippen molar-refractivity contribution in [2.75, 3.05) is 12.3 Å². The molecule has 2 bridgehead atoms. The molecular formula is C23H29N3O7S2. The number of nitrogens with one attached hydrogen (secondary N) is 3. The van der Waals surface area contributed by atoms with Crippen LogP contribution in [0.3, 0.4) is 0 Å². The maximum atomic E-state index is 13.1. The molecule has 0 aliphatic heterocycles. The van der Waals surface area contributed by atoms with Crippen LogP contribution in [0.5, 0.6) is 0 Å². The summed E-state index contributed by atoms with van der Waals surface area (Å²) in [7, 11) is -8.35. The summed E-state index contributed by atoms with van der Waals surface area (Å²) in [4.78, 5) is 25.0. The Morgan fingerprint density at radius 1 is 1.11 bits per heavy atom. The summed E-state index contributed by atoms with van der Waals surface area (Å²) in [6, 6.07) is 9.95. The van der Waals surface area contributed by atoms with Gasteiger partial charge in [-0.2, -0.15) is 0 Å². The largest absolute Gasteiger partial charge is 0.299 e. The van der Waals surface area contributed by atoms with Crippen molar-refractivity contribution < 1.29 is 31.6 Å². The zero-order chi connectivity index (χ0) is 25.6. The van der Waals surface area contributed by atoms with Crippen LogP contribution in [-0.2, 0) is 29.6 Å². The summed E-state index contributed by atoms with van der Waals surface area (Å²) in [6.07, 6.45) is 1.52. The number of hydrogen-bond donors (Lipinski definition) is 4. The lowest BCUT2D eigenvalue weighted by atomic mass is 9.70. The average molecular weight is 524 g/mol. The first-order valence-corrected chi connectivity index (χ1v) is 14.4. The number of rotatable bonds is 9. The monoisotopic (exact) mass is 523 g/mol. The van der Waals surface area contributed by atoms with E-state index in [-0.39, 0.29) is 16.6 Å². The Labute approximate surface area is 204 Å². The van der Waals surface area contributed by atoms with Crippen LogP contribution in [0.25, 0.3) is 10.8 Å². The summed E-state index contributed by atoms with van der Waals surface area (Å²) in [6.45, 7) is 3.13. The molecule has 2 aliphatic carbocycles. The van der Waals surface area contributed by atoms with E-state index in [0.717, 1.165) is 6.42 Å². The summed E-state index contributed by atoms with van der Waals surface area (Å²) < 4.78 is 56.7. The lowest BCUT2D eigenvalue weighted by Crippen LogP contribution is -2.54. The van der Waals surface area contributed by atoms with Gasteiger partial charge >= 0.3 is 0 Å². The molecule has 0 spiro atoms. The molecule has 0 radical (unpaired) electrons. The van der Waals surface area contributed by atoms with E-state index in [1.54, 1.807) is 36.4 Å². The lowest BCUT2D eigenvalue weighted by Gasteiger charge is -2.36. The zero-order valence-electron chi connectivity index (χ0n) is 19.4. The number of hydroxylamine groups is 1. The fraction of sp³-hybridized carbons (Fsp3) is 0.478. The van der Waals surface area contributed by atoms with Crippen molar-refractivity contribution in [2.45, 2.75) is 44.0 Å². The Balaban J connectivity index is 1.54. The fourth-order valence-electron chi connectivity index (χ4n) is 5.66. The second-order valence-corrected chi connectivity index (χ2v) is 13.4. The molecule has 2 saturated carbocycles. The number of hydrogen-bond acceptors (Lipinski definition) is 7. The maximum absolute atomic E-state index is 13.1. The van der Waals surface area contributed by atoms with Gasteiger partial charge in [0.05, 0.1) is 10.6 Å². The second-order valence-electron chi connectivity index (χ2n) is 9.90. The molecule has 35 heavy (non-hydrogen) atoms. The van der Waals surface area contributed by atoms with E-state index in [1.165, 1.54) is 11.5 Å². The Hall–Kier alpha value is -2.38. The summed E-state index contributed by atoms with van der Waals surface area (Å²) >= 11 is 0. The first-order chi connectivity index (χ1) is 16.3. The van der Waals surface area contributed by atoms with Crippen molar-refractivity contribution in [2.24, 2.45) is 16.7 Å². The molecule has 190 valence electrons. The third-order valence-electron chi connectivity index (χ3n) is 7.84. The van der Waals surface area contributed by atoms with Crippen LogP contribution in [-0.4, -0.2) is 52.1 Å². The first-order valence-electron chi connectivity index (χ1n) is 11.3. The molecule has 0 saturated heterocycles. The predicted molar refractivity (Wildman–Crippen MR) is 128 cm³/mol. The van der Waals surface area contributed by atoms with Crippen molar-refractivity contribution >= 4 is 42.5 Å². The first kappa shape index (κ1) is 25.7. The van der Waals surface area contributed by atoms with Gasteiger partial charge in [-0.05, 0) is 35.6 Å². The van der Waals surface area contributed by atoms with E-state index in [9.17, 15) is 26.4 Å². The molecule has 12 heteroatoms. The van der Waals surface area contributed by atoms with Crippen LogP contribution in [0.2, 0.25) is 0 Å². The van der Waals surface area contributed by atoms with Crippen LogP contribution in [0.15, 0.2) is 47.4 Å². The normalized spacial score (nSPS) is 24.5. The van der Waals surface area contributed by atoms with E-state index in [0.29, 0.717) is 23.6 Å². The number of sulfonamides is 2. The Morgan fingerprint density at radius 2 is 1.80 bits per heavy atom. The predicted octanol–water partition coefficient (Wildman–Crippen LogP) is 1.31. The van der Waals surface area contributed by atoms with Crippen molar-refractivity contribution in [3.05, 3.63) is 42.5 Å². The molecule has 3 unspecified atom stereocenters. The number of carbonyl (C=O) groups is 2. The minimum absolute atomic E-state index is 0.0317. The zero-order valence-corrected chi connectivity index (χ0v) is 21.1. The Morgan fingerprint density at radius 3 is 2.43 bits per heavy atom. The van der Waals surface area contributed by atoms with Crippen LogP contribution in [0.1, 0.15) is 33.1 Å². The van der Waals surface area contributed by atoms with E-state index in [4.69, 9.17) is 5.21 Å². The van der Waals surface area contributed by atoms with Gasteiger partial charge in [-0.1, -0.05) is 50.2 Å². The van der Waals surface area contributed by atoms with Crippen molar-refractivity contribution in [1.29, 1.82) is 0 Å². The van der Waals surface area contributed by atoms with Crippen LogP contribution in [0, 0.1) is 16.7 Å². The van der Waals surface area contributed by atoms with Gasteiger partial charge in [0.15, 0.2) is 0 Å². The minimum Gasteiger partial charge on any atom is -0.299 e. The van der Waals surface area contributed by atoms with Crippen molar-refractivity contribution in [3.63, 3.8) is 0 Å². The smallest absolute Gasteiger partial charge is 0.262 e. The highest BCUT2D eigenvalue weighted by Crippen LogP contribution is 2.64. The lowest BCUT2D eigenvalue weighted by molar-refractivity contribution is -0.130. The minimum atomic E-state index is -4.21. The van der Waals surface area contributed by atoms with E-state index < -0.39 is 55.1 Å². The third kappa shape index (κ3) is 4.49. The number of benzene rings is 2. The number of fused-ring (bicyclic) bond motifs is 3. The molecule has 2 fully saturated rings. The number of carbonyl (C=O) groups excluding carboxylic acids is 2. The molecule has 1 amide bonds. The molecule has 10 nitrogen and oxygen atoms in total. The van der Waals surface area contributed by atoms with E-state index >= 15 is 0 Å². The fourth-order valence-corrected chi connectivity index (χ4v) is 8.97. The molecule has 4 rings (SSSR count). The highest BCUT2D eigenvalue weighted by molar-refractivity contribution is 7.90. The molecule has 3 atom stereocenters. The summed E-state index contributed by atoms with van der Waals surface area (Å²) in [5, 5.41) is 10.3. The Kier molecular flexibility index (Phi) is 6.56. The Bertz CT molecular complexity index is 1380. The van der Waals surface area contributed by atoms with Crippen molar-refractivity contribution in [3.8, 4) is 0 Å². The number of ketones is 1. The van der Waals surface area contributed by atoms with Crippen LogP contribution in [0.4, 0.5) is 0 Å². The molecule has 0 aromatic heterocycles. The number of Topliss-reactive ketones (excluding diaryl/α,β-unsaturated/α-hetero) is 1. The SMILES string of the molecule is CC1(C)C2CCC1(CS(=O)(=O)NC(CNS(=O)(=O)c1cccc3ccccc13)C(=O)NO)C(=O)C2. The van der Waals surface area contributed by atoms with Gasteiger partial charge in [0, 0.05) is 23.8 Å². The summed E-state index contributed by atoms with van der Waals surface area (Å²) in [5.74, 6) is -1.64. The van der Waals surface area contributed by atoms with Gasteiger partial charge in [-0.15, -0.1) is 0 Å². The van der Waals surface area contributed by atoms with Gasteiger partial charge in [-0.25, -0.2) is 31.8 Å². The van der Waals surface area contributed by atoms with E-state index in [2.05, 4.69) is 9.44 Å². The molecule has 4 N–H and O–H groups in total. The van der Waals surface area contributed by atoms with Crippen LogP contribution >= 0.6 is 0 Å². The van der Waals surface area contributed by atoms with Gasteiger partial charge in [0.2, 0.25) is 20.0 Å². The highest BCUT2D eigenvalue weighted by atomic mass is 32.2. The van der Waals surface area contributed by atoms with Gasteiger partial charge < -0.3 is 0 Å². The van der Waals surface area contributed by atoms with Crippen LogP contribution < -0.4 is 14.9 Å². The van der Waals surface area contributed by atoms with E-state index in [1.807, 2.05) is 13.8 Å². The highest BCUT2D eigenvalue weighted by Gasteiger charge is 2.65. The van der Waals surface area contributed by atoms with Gasteiger partial charge in [0.1, 0.15) is 11.8 Å². The standard InChI is InChI=1S/C23H29N3O7S2/c1-22(2)16-10-11-23(22,20(27)12-16)14-34(30,31)26-18(21(28)25-29)13-24-35(32,33)19-9-5-7-15-6-3-4-8-17(15)19/h3-9,16,18,24,26,29H,10-14H2,1-2H3,(H,25,28). The average Bonchev–Trinajstić information content (AvgIpc) is 3.15. The van der Waals surface area contributed by atoms with Crippen molar-refractivity contribution in [1.82, 2.24) is 14.9 Å². The third-order valence-corrected chi connectivity index (χ3v) is 10.8. The quantitative estimate of drug-likeness (QED) is 0.285. The second kappa shape index (κ2) is 8.93. The maximum Gasteiger partial charge on any atom is 0.262 e. The molecule has 2 aliphatic rings.